The van der Waals surface area contributed by atoms with Gasteiger partial charge in [-0.3, -0.25) is 4.40 Å². The summed E-state index contributed by atoms with van der Waals surface area (Å²) in [6.45, 7) is 3.06. The molecule has 0 N–H and O–H groups in total. The SMILES string of the molecule is Fc1ccc2nnc(N3CCCOCC3)n2c1. The van der Waals surface area contributed by atoms with Crippen molar-refractivity contribution in [2.24, 2.45) is 0 Å². The van der Waals surface area contributed by atoms with Crippen LogP contribution in [0.5, 0.6) is 0 Å². The number of halogens is 1. The van der Waals surface area contributed by atoms with E-state index in [0.717, 1.165) is 26.1 Å². The van der Waals surface area contributed by atoms with Crippen molar-refractivity contribution >= 4 is 11.6 Å². The Balaban J connectivity index is 2.00. The Hall–Kier alpha value is -1.69. The second-order valence-electron chi connectivity index (χ2n) is 4.03. The van der Waals surface area contributed by atoms with Crippen LogP contribution in [0.25, 0.3) is 5.65 Å². The van der Waals surface area contributed by atoms with Crippen LogP contribution in [0.2, 0.25) is 0 Å². The minimum atomic E-state index is -0.287. The molecule has 0 saturated carbocycles. The van der Waals surface area contributed by atoms with Crippen LogP contribution in [0.1, 0.15) is 6.42 Å². The van der Waals surface area contributed by atoms with E-state index in [1.807, 2.05) is 0 Å². The Morgan fingerprint density at radius 1 is 1.18 bits per heavy atom. The van der Waals surface area contributed by atoms with Gasteiger partial charge >= 0.3 is 0 Å². The predicted octanol–water partition coefficient (Wildman–Crippen LogP) is 1.10. The fourth-order valence-corrected chi connectivity index (χ4v) is 2.01. The van der Waals surface area contributed by atoms with Gasteiger partial charge in [0.05, 0.1) is 6.61 Å². The molecule has 90 valence electrons. The summed E-state index contributed by atoms with van der Waals surface area (Å²) in [6, 6.07) is 3.01. The lowest BCUT2D eigenvalue weighted by molar-refractivity contribution is 0.152. The molecule has 1 aliphatic rings. The molecular formula is C11H13FN4O. The summed E-state index contributed by atoms with van der Waals surface area (Å²) in [5.74, 6) is 0.398. The van der Waals surface area contributed by atoms with Gasteiger partial charge < -0.3 is 9.64 Å². The third-order valence-corrected chi connectivity index (χ3v) is 2.85. The van der Waals surface area contributed by atoms with Crippen molar-refractivity contribution in [2.45, 2.75) is 6.42 Å². The lowest BCUT2D eigenvalue weighted by Gasteiger charge is -2.18. The van der Waals surface area contributed by atoms with Crippen LogP contribution >= 0.6 is 0 Å². The van der Waals surface area contributed by atoms with Gasteiger partial charge in [-0.2, -0.15) is 0 Å². The third-order valence-electron chi connectivity index (χ3n) is 2.85. The maximum atomic E-state index is 13.2. The van der Waals surface area contributed by atoms with Crippen LogP contribution in [0.4, 0.5) is 10.3 Å². The number of anilines is 1. The van der Waals surface area contributed by atoms with Gasteiger partial charge in [0.25, 0.3) is 0 Å². The molecule has 0 bridgehead atoms. The number of nitrogens with zero attached hydrogens (tertiary/aromatic N) is 4. The minimum absolute atomic E-state index is 0.287. The van der Waals surface area contributed by atoms with Gasteiger partial charge in [0.1, 0.15) is 5.82 Å². The molecule has 0 unspecified atom stereocenters. The van der Waals surface area contributed by atoms with Gasteiger partial charge in [0.15, 0.2) is 5.65 Å². The smallest absolute Gasteiger partial charge is 0.231 e. The van der Waals surface area contributed by atoms with Gasteiger partial charge in [-0.15, -0.1) is 10.2 Å². The Morgan fingerprint density at radius 2 is 2.12 bits per heavy atom. The first kappa shape index (κ1) is 10.5. The molecular weight excluding hydrogens is 223 g/mol. The summed E-state index contributed by atoms with van der Waals surface area (Å²) in [4.78, 5) is 2.08. The van der Waals surface area contributed by atoms with Gasteiger partial charge in [-0.05, 0) is 18.6 Å². The number of aromatic nitrogens is 3. The van der Waals surface area contributed by atoms with E-state index in [1.165, 1.54) is 12.3 Å². The molecule has 2 aromatic heterocycles. The van der Waals surface area contributed by atoms with Gasteiger partial charge in [-0.1, -0.05) is 0 Å². The highest BCUT2D eigenvalue weighted by atomic mass is 19.1. The molecule has 0 amide bonds. The summed E-state index contributed by atoms with van der Waals surface area (Å²) in [6.07, 6.45) is 2.36. The van der Waals surface area contributed by atoms with Gasteiger partial charge in [-0.25, -0.2) is 4.39 Å². The quantitative estimate of drug-likeness (QED) is 0.743. The second kappa shape index (κ2) is 4.29. The van der Waals surface area contributed by atoms with Crippen molar-refractivity contribution in [2.75, 3.05) is 31.2 Å². The highest BCUT2D eigenvalue weighted by Crippen LogP contribution is 2.15. The Bertz CT molecular complexity index is 519. The van der Waals surface area contributed by atoms with Crippen LogP contribution in [0, 0.1) is 5.82 Å². The van der Waals surface area contributed by atoms with Gasteiger partial charge in [0.2, 0.25) is 5.95 Å². The van der Waals surface area contributed by atoms with E-state index in [4.69, 9.17) is 4.74 Å². The highest BCUT2D eigenvalue weighted by molar-refractivity contribution is 5.46. The topological polar surface area (TPSA) is 42.7 Å². The average Bonchev–Trinajstić information content (AvgIpc) is 2.58. The zero-order valence-electron chi connectivity index (χ0n) is 9.34. The molecule has 0 aliphatic carbocycles. The number of ether oxygens (including phenoxy) is 1. The number of rotatable bonds is 1. The van der Waals surface area contributed by atoms with E-state index in [2.05, 4.69) is 15.1 Å². The first-order valence-electron chi connectivity index (χ1n) is 5.67. The number of hydrogen-bond acceptors (Lipinski definition) is 4. The standard InChI is InChI=1S/C11H13FN4O/c12-9-2-3-10-13-14-11(16(10)8-9)15-4-1-6-17-7-5-15/h2-3,8H,1,4-7H2. The molecule has 1 saturated heterocycles. The molecule has 0 aromatic carbocycles. The predicted molar refractivity (Wildman–Crippen MR) is 60.6 cm³/mol. The molecule has 2 aromatic rings. The van der Waals surface area contributed by atoms with Crippen molar-refractivity contribution in [3.8, 4) is 0 Å². The van der Waals surface area contributed by atoms with E-state index >= 15 is 0 Å². The highest BCUT2D eigenvalue weighted by Gasteiger charge is 2.16. The summed E-state index contributed by atoms with van der Waals surface area (Å²) in [5, 5.41) is 8.15. The van der Waals surface area contributed by atoms with Gasteiger partial charge in [0, 0.05) is 25.9 Å². The summed E-state index contributed by atoms with van der Waals surface area (Å²) in [7, 11) is 0. The van der Waals surface area contributed by atoms with E-state index < -0.39 is 0 Å². The molecule has 6 heteroatoms. The van der Waals surface area contributed by atoms with Crippen LogP contribution in [-0.4, -0.2) is 40.9 Å². The van der Waals surface area contributed by atoms with Crippen LogP contribution < -0.4 is 4.90 Å². The lowest BCUT2D eigenvalue weighted by atomic mass is 10.4. The average molecular weight is 236 g/mol. The number of fused-ring (bicyclic) bond motifs is 1. The van der Waals surface area contributed by atoms with E-state index in [0.29, 0.717) is 18.2 Å². The molecule has 5 nitrogen and oxygen atoms in total. The maximum Gasteiger partial charge on any atom is 0.231 e. The monoisotopic (exact) mass is 236 g/mol. The third kappa shape index (κ3) is 1.95. The van der Waals surface area contributed by atoms with Crippen molar-refractivity contribution in [3.63, 3.8) is 0 Å². The molecule has 0 spiro atoms. The van der Waals surface area contributed by atoms with E-state index in [-0.39, 0.29) is 5.82 Å². The van der Waals surface area contributed by atoms with Crippen LogP contribution in [0.15, 0.2) is 18.3 Å². The normalized spacial score (nSPS) is 17.4. The second-order valence-corrected chi connectivity index (χ2v) is 4.03. The van der Waals surface area contributed by atoms with Crippen molar-refractivity contribution in [1.29, 1.82) is 0 Å². The molecule has 3 rings (SSSR count). The number of pyridine rings is 1. The summed E-state index contributed by atoms with van der Waals surface area (Å²) >= 11 is 0. The largest absolute Gasteiger partial charge is 0.380 e. The molecule has 17 heavy (non-hydrogen) atoms. The van der Waals surface area contributed by atoms with Crippen molar-refractivity contribution in [1.82, 2.24) is 14.6 Å². The Labute approximate surface area is 97.8 Å². The molecule has 0 radical (unpaired) electrons. The zero-order valence-corrected chi connectivity index (χ0v) is 9.34. The molecule has 3 heterocycles. The van der Waals surface area contributed by atoms with Crippen molar-refractivity contribution < 1.29 is 9.13 Å². The lowest BCUT2D eigenvalue weighted by Crippen LogP contribution is -2.27. The summed E-state index contributed by atoms with van der Waals surface area (Å²) < 4.78 is 20.3. The molecule has 1 aliphatic heterocycles. The van der Waals surface area contributed by atoms with Crippen LogP contribution in [0.3, 0.4) is 0 Å². The Kier molecular flexibility index (Phi) is 2.64. The Morgan fingerprint density at radius 3 is 3.06 bits per heavy atom. The van der Waals surface area contributed by atoms with Crippen molar-refractivity contribution in [3.05, 3.63) is 24.1 Å². The molecule has 1 fully saturated rings. The first-order chi connectivity index (χ1) is 8.34. The zero-order chi connectivity index (χ0) is 11.7. The first-order valence-corrected chi connectivity index (χ1v) is 5.67. The van der Waals surface area contributed by atoms with E-state index in [9.17, 15) is 4.39 Å². The minimum Gasteiger partial charge on any atom is -0.380 e. The molecule has 0 atom stereocenters. The maximum absolute atomic E-state index is 13.2. The van der Waals surface area contributed by atoms with E-state index in [1.54, 1.807) is 10.5 Å². The fraction of sp³-hybridized carbons (Fsp3) is 0.455. The fourth-order valence-electron chi connectivity index (χ4n) is 2.01. The number of hydrogen-bond donors (Lipinski definition) is 0. The summed E-state index contributed by atoms with van der Waals surface area (Å²) in [5.41, 5.74) is 0.659. The van der Waals surface area contributed by atoms with Crippen LogP contribution in [-0.2, 0) is 4.74 Å².